The molecule has 152 valence electrons. The summed E-state index contributed by atoms with van der Waals surface area (Å²) < 4.78 is 27.9. The summed E-state index contributed by atoms with van der Waals surface area (Å²) >= 11 is 0. The van der Waals surface area contributed by atoms with E-state index in [1.807, 2.05) is 55.4 Å². The maximum atomic E-state index is 13.4. The van der Waals surface area contributed by atoms with Crippen LogP contribution in [0.15, 0.2) is 72.1 Å². The molecule has 3 aromatic rings. The summed E-state index contributed by atoms with van der Waals surface area (Å²) in [7, 11) is 0.143. The van der Waals surface area contributed by atoms with E-state index in [2.05, 4.69) is 15.1 Å². The van der Waals surface area contributed by atoms with Gasteiger partial charge in [0.15, 0.2) is 5.37 Å². The third kappa shape index (κ3) is 2.89. The Labute approximate surface area is 174 Å². The van der Waals surface area contributed by atoms with E-state index >= 15 is 0 Å². The van der Waals surface area contributed by atoms with Crippen LogP contribution in [0, 0.1) is 0 Å². The van der Waals surface area contributed by atoms with Crippen molar-refractivity contribution < 1.29 is 8.42 Å². The molecule has 9 heteroatoms. The number of amidine groups is 1. The summed E-state index contributed by atoms with van der Waals surface area (Å²) in [5, 5.41) is 3.33. The van der Waals surface area contributed by atoms with Crippen LogP contribution in [0.2, 0.25) is 0 Å². The molecule has 1 aromatic carbocycles. The number of aromatic nitrogens is 3. The lowest BCUT2D eigenvalue weighted by molar-refractivity contribution is 0.496. The van der Waals surface area contributed by atoms with Crippen LogP contribution >= 0.6 is 0 Å². The third-order valence-electron chi connectivity index (χ3n) is 5.28. The van der Waals surface area contributed by atoms with Gasteiger partial charge in [-0.3, -0.25) is 9.98 Å². The molecule has 0 saturated heterocycles. The molecule has 1 atom stereocenters. The minimum Gasteiger partial charge on any atom is -0.378 e. The number of fused-ring (bicyclic) bond motifs is 2. The van der Waals surface area contributed by atoms with Crippen molar-refractivity contribution in [1.29, 1.82) is 0 Å². The minimum atomic E-state index is -3.82. The number of benzene rings is 1. The lowest BCUT2D eigenvalue weighted by Gasteiger charge is -2.24. The van der Waals surface area contributed by atoms with E-state index in [0.29, 0.717) is 16.9 Å². The Morgan fingerprint density at radius 3 is 2.63 bits per heavy atom. The zero-order chi connectivity index (χ0) is 20.9. The summed E-state index contributed by atoms with van der Waals surface area (Å²) in [5.74, 6) is 0.641. The molecule has 8 nitrogen and oxygen atoms in total. The van der Waals surface area contributed by atoms with Crippen molar-refractivity contribution in [2.24, 2.45) is 4.99 Å². The van der Waals surface area contributed by atoms with Gasteiger partial charge in [0.2, 0.25) is 0 Å². The summed E-state index contributed by atoms with van der Waals surface area (Å²) in [4.78, 5) is 12.5. The van der Waals surface area contributed by atoms with E-state index in [1.54, 1.807) is 29.4 Å². The van der Waals surface area contributed by atoms with Gasteiger partial charge in [0.05, 0.1) is 12.7 Å². The van der Waals surface area contributed by atoms with E-state index in [0.717, 1.165) is 20.9 Å². The number of pyridine rings is 1. The van der Waals surface area contributed by atoms with Crippen molar-refractivity contribution in [1.82, 2.24) is 19.1 Å². The Balaban J connectivity index is 1.55. The Bertz CT molecular complexity index is 1320. The number of anilines is 1. The number of aliphatic imine (C=N–C) groups is 1. The predicted molar refractivity (Wildman–Crippen MR) is 118 cm³/mol. The fourth-order valence-electron chi connectivity index (χ4n) is 3.64. The van der Waals surface area contributed by atoms with Gasteiger partial charge < -0.3 is 9.80 Å². The standard InChI is InChI=1S/C21H20N6O2S/c1-25(2)17-8-6-15(7-9-17)16-11-19-18(22-12-16)13-24-27(19)30(28,29)21-14-23-20-5-3-4-10-26(20)21/h3-13,21H,14H2,1-2H3. The second-order valence-corrected chi connectivity index (χ2v) is 9.28. The van der Waals surface area contributed by atoms with Gasteiger partial charge in [0, 0.05) is 37.7 Å². The molecular formula is C21H20N6O2S. The van der Waals surface area contributed by atoms with Crippen molar-refractivity contribution in [2.75, 3.05) is 25.5 Å². The first-order chi connectivity index (χ1) is 14.4. The third-order valence-corrected chi connectivity index (χ3v) is 7.11. The first kappa shape index (κ1) is 18.6. The average molecular weight is 420 g/mol. The fourth-order valence-corrected chi connectivity index (χ4v) is 5.19. The number of nitrogens with zero attached hydrogens (tertiary/aromatic N) is 6. The van der Waals surface area contributed by atoms with Gasteiger partial charge in [-0.15, -0.1) is 0 Å². The van der Waals surface area contributed by atoms with Crippen LogP contribution in [0.4, 0.5) is 5.69 Å². The monoisotopic (exact) mass is 420 g/mol. The normalized spacial score (nSPS) is 18.0. The SMILES string of the molecule is CN(C)c1ccc(-c2cnc3cnn(S(=O)(=O)C4CN=C5C=CC=CN54)c3c2)cc1. The molecule has 1 unspecified atom stereocenters. The molecule has 0 radical (unpaired) electrons. The lowest BCUT2D eigenvalue weighted by Crippen LogP contribution is -2.41. The van der Waals surface area contributed by atoms with Crippen LogP contribution in [0.5, 0.6) is 0 Å². The molecule has 0 aliphatic carbocycles. The van der Waals surface area contributed by atoms with Gasteiger partial charge in [-0.2, -0.15) is 9.19 Å². The molecule has 0 spiro atoms. The van der Waals surface area contributed by atoms with Crippen molar-refractivity contribution in [3.05, 3.63) is 67.2 Å². The Hall–Kier alpha value is -3.46. The molecule has 5 rings (SSSR count). The summed E-state index contributed by atoms with van der Waals surface area (Å²) in [6.07, 6.45) is 10.4. The van der Waals surface area contributed by atoms with E-state index < -0.39 is 15.4 Å². The molecule has 0 saturated carbocycles. The van der Waals surface area contributed by atoms with Gasteiger partial charge in [0.1, 0.15) is 16.9 Å². The maximum Gasteiger partial charge on any atom is 0.277 e. The van der Waals surface area contributed by atoms with Crippen molar-refractivity contribution >= 4 is 32.6 Å². The summed E-state index contributed by atoms with van der Waals surface area (Å²) in [6.45, 7) is 0.160. The first-order valence-electron chi connectivity index (χ1n) is 9.49. The van der Waals surface area contributed by atoms with E-state index in [4.69, 9.17) is 0 Å². The second kappa shape index (κ2) is 6.81. The number of hydrogen-bond acceptors (Lipinski definition) is 7. The van der Waals surface area contributed by atoms with E-state index in [9.17, 15) is 8.42 Å². The number of hydrogen-bond donors (Lipinski definition) is 0. The van der Waals surface area contributed by atoms with E-state index in [1.165, 1.54) is 6.20 Å². The Morgan fingerprint density at radius 1 is 1.07 bits per heavy atom. The molecule has 2 aliphatic rings. The molecule has 2 aromatic heterocycles. The van der Waals surface area contributed by atoms with Crippen molar-refractivity contribution in [2.45, 2.75) is 5.37 Å². The maximum absolute atomic E-state index is 13.4. The second-order valence-electron chi connectivity index (χ2n) is 7.36. The zero-order valence-electron chi connectivity index (χ0n) is 16.5. The Kier molecular flexibility index (Phi) is 4.21. The van der Waals surface area contributed by atoms with Crippen LogP contribution in [-0.4, -0.2) is 59.3 Å². The molecule has 4 heterocycles. The summed E-state index contributed by atoms with van der Waals surface area (Å²) in [6, 6.07) is 9.84. The van der Waals surface area contributed by atoms with Crippen LogP contribution in [-0.2, 0) is 10.0 Å². The minimum absolute atomic E-state index is 0.160. The fraction of sp³-hybridized carbons (Fsp3) is 0.190. The van der Waals surface area contributed by atoms with Crippen LogP contribution < -0.4 is 4.90 Å². The highest BCUT2D eigenvalue weighted by Gasteiger charge is 2.38. The average Bonchev–Trinajstić information content (AvgIpc) is 3.38. The van der Waals surface area contributed by atoms with Crippen molar-refractivity contribution in [3.63, 3.8) is 0 Å². The molecule has 0 fully saturated rings. The quantitative estimate of drug-likeness (QED) is 0.645. The number of allylic oxidation sites excluding steroid dienone is 2. The first-order valence-corrected chi connectivity index (χ1v) is 11.0. The van der Waals surface area contributed by atoms with Crippen LogP contribution in [0.1, 0.15) is 0 Å². The highest BCUT2D eigenvalue weighted by molar-refractivity contribution is 7.90. The molecular weight excluding hydrogens is 400 g/mol. The van der Waals surface area contributed by atoms with Crippen LogP contribution in [0.3, 0.4) is 0 Å². The van der Waals surface area contributed by atoms with E-state index in [-0.39, 0.29) is 6.54 Å². The van der Waals surface area contributed by atoms with Crippen LogP contribution in [0.25, 0.3) is 22.2 Å². The molecule has 2 aliphatic heterocycles. The topological polar surface area (TPSA) is 83.7 Å². The predicted octanol–water partition coefficient (Wildman–Crippen LogP) is 2.47. The molecule has 30 heavy (non-hydrogen) atoms. The Morgan fingerprint density at radius 2 is 1.87 bits per heavy atom. The van der Waals surface area contributed by atoms with Gasteiger partial charge >= 0.3 is 0 Å². The highest BCUT2D eigenvalue weighted by Crippen LogP contribution is 2.28. The molecule has 0 bridgehead atoms. The van der Waals surface area contributed by atoms with Gasteiger partial charge in [-0.1, -0.05) is 18.2 Å². The smallest absolute Gasteiger partial charge is 0.277 e. The lowest BCUT2D eigenvalue weighted by atomic mass is 10.1. The zero-order valence-corrected chi connectivity index (χ0v) is 17.4. The van der Waals surface area contributed by atoms with Gasteiger partial charge in [-0.25, -0.2) is 8.42 Å². The number of rotatable bonds is 4. The largest absolute Gasteiger partial charge is 0.378 e. The molecule has 0 N–H and O–H groups in total. The summed E-state index contributed by atoms with van der Waals surface area (Å²) in [5.41, 5.74) is 3.85. The molecule has 0 amide bonds. The van der Waals surface area contributed by atoms with Crippen molar-refractivity contribution in [3.8, 4) is 11.1 Å². The van der Waals surface area contributed by atoms with Gasteiger partial charge in [-0.05, 0) is 35.9 Å². The highest BCUT2D eigenvalue weighted by atomic mass is 32.2. The van der Waals surface area contributed by atoms with Gasteiger partial charge in [0.25, 0.3) is 10.0 Å².